The second-order valence-corrected chi connectivity index (χ2v) is 6.94. The van der Waals surface area contributed by atoms with Crippen molar-refractivity contribution < 1.29 is 8.42 Å². The number of benzene rings is 1. The minimum Gasteiger partial charge on any atom is -0.352 e. The van der Waals surface area contributed by atoms with Gasteiger partial charge in [-0.05, 0) is 31.0 Å². The van der Waals surface area contributed by atoms with Crippen LogP contribution in [0.4, 0.5) is 0 Å². The zero-order valence-electron chi connectivity index (χ0n) is 11.8. The van der Waals surface area contributed by atoms with Gasteiger partial charge in [-0.3, -0.25) is 4.99 Å². The molecule has 5 nitrogen and oxygen atoms in total. The molecule has 2 rings (SSSR count). The van der Waals surface area contributed by atoms with Crippen LogP contribution in [0.1, 0.15) is 18.1 Å². The molecule has 0 aliphatic carbocycles. The van der Waals surface area contributed by atoms with E-state index >= 15 is 0 Å². The van der Waals surface area contributed by atoms with Gasteiger partial charge in [0.2, 0.25) is 0 Å². The molecule has 7 heteroatoms. The summed E-state index contributed by atoms with van der Waals surface area (Å²) in [5.74, 6) is 0.772. The van der Waals surface area contributed by atoms with E-state index in [0.29, 0.717) is 17.5 Å². The fourth-order valence-corrected chi connectivity index (χ4v) is 3.02. The van der Waals surface area contributed by atoms with Crippen molar-refractivity contribution in [1.29, 1.82) is 0 Å². The summed E-state index contributed by atoms with van der Waals surface area (Å²) in [6, 6.07) is 5.83. The lowest BCUT2D eigenvalue weighted by Gasteiger charge is -2.10. The first-order valence-electron chi connectivity index (χ1n) is 6.20. The maximum Gasteiger partial charge on any atom is 0.191 e. The minimum absolute atomic E-state index is 0. The van der Waals surface area contributed by atoms with E-state index in [1.807, 2.05) is 12.1 Å². The number of nitrogens with one attached hydrogen (secondary N) is 2. The Morgan fingerprint density at radius 3 is 2.70 bits per heavy atom. The number of aryl methyl sites for hydroxylation is 1. The van der Waals surface area contributed by atoms with Gasteiger partial charge in [-0.15, -0.1) is 24.0 Å². The van der Waals surface area contributed by atoms with Crippen molar-refractivity contribution in [2.75, 3.05) is 12.8 Å². The molecule has 112 valence electrons. The summed E-state index contributed by atoms with van der Waals surface area (Å²) in [7, 11) is -3.18. The number of guanidine groups is 1. The Hall–Kier alpha value is -0.830. The highest BCUT2D eigenvalue weighted by Gasteiger charge is 2.13. The van der Waals surface area contributed by atoms with Gasteiger partial charge in [0, 0.05) is 18.8 Å². The van der Waals surface area contributed by atoms with Crippen LogP contribution in [0, 0.1) is 6.92 Å². The standard InChI is InChI=1S/C13H19N3O2S.HI/c1-9-4-5-11(6-12(9)19(3,17)18)8-15-13-14-7-10(2)16-13;/h4-6,10H,7-8H2,1-3H3,(H2,14,15,16);1H. The molecular weight excluding hydrogens is 389 g/mol. The number of aliphatic imine (C=N–C) groups is 1. The Labute approximate surface area is 137 Å². The minimum atomic E-state index is -3.18. The Morgan fingerprint density at radius 1 is 1.45 bits per heavy atom. The van der Waals surface area contributed by atoms with Crippen molar-refractivity contribution in [3.63, 3.8) is 0 Å². The molecule has 1 aliphatic rings. The number of sulfone groups is 1. The van der Waals surface area contributed by atoms with E-state index in [0.717, 1.165) is 23.6 Å². The topological polar surface area (TPSA) is 70.6 Å². The smallest absolute Gasteiger partial charge is 0.191 e. The summed E-state index contributed by atoms with van der Waals surface area (Å²) < 4.78 is 23.3. The summed E-state index contributed by atoms with van der Waals surface area (Å²) >= 11 is 0. The predicted octanol–water partition coefficient (Wildman–Crippen LogP) is 1.45. The lowest BCUT2D eigenvalue weighted by molar-refractivity contribution is 0.601. The molecule has 20 heavy (non-hydrogen) atoms. The van der Waals surface area contributed by atoms with Crippen LogP contribution in [-0.2, 0) is 16.4 Å². The monoisotopic (exact) mass is 409 g/mol. The fraction of sp³-hybridized carbons (Fsp3) is 0.462. The molecule has 2 N–H and O–H groups in total. The molecule has 0 aromatic heterocycles. The quantitative estimate of drug-likeness (QED) is 0.742. The summed E-state index contributed by atoms with van der Waals surface area (Å²) in [5, 5.41) is 6.37. The van der Waals surface area contributed by atoms with E-state index in [1.54, 1.807) is 13.0 Å². The SMILES string of the molecule is Cc1ccc(CNC2=NCC(C)N2)cc1S(C)(=O)=O.I. The molecule has 0 saturated carbocycles. The second kappa shape index (κ2) is 6.75. The summed E-state index contributed by atoms with van der Waals surface area (Å²) in [6.07, 6.45) is 1.23. The van der Waals surface area contributed by atoms with Gasteiger partial charge in [0.25, 0.3) is 0 Å². The summed E-state index contributed by atoms with van der Waals surface area (Å²) in [5.41, 5.74) is 1.70. The van der Waals surface area contributed by atoms with E-state index < -0.39 is 9.84 Å². The third kappa shape index (κ3) is 4.34. The van der Waals surface area contributed by atoms with E-state index in [9.17, 15) is 8.42 Å². The zero-order valence-corrected chi connectivity index (χ0v) is 15.0. The van der Waals surface area contributed by atoms with Crippen LogP contribution in [-0.4, -0.2) is 33.2 Å². The largest absolute Gasteiger partial charge is 0.352 e. The number of nitrogens with zero attached hydrogens (tertiary/aromatic N) is 1. The van der Waals surface area contributed by atoms with Crippen LogP contribution in [0.3, 0.4) is 0 Å². The van der Waals surface area contributed by atoms with E-state index in [1.165, 1.54) is 6.26 Å². The molecule has 1 aromatic carbocycles. The second-order valence-electron chi connectivity index (χ2n) is 4.96. The number of hydrogen-bond acceptors (Lipinski definition) is 5. The number of halogens is 1. The molecule has 0 spiro atoms. The molecule has 1 atom stereocenters. The zero-order chi connectivity index (χ0) is 14.0. The average Bonchev–Trinajstić information content (AvgIpc) is 2.72. The predicted molar refractivity (Wildman–Crippen MR) is 91.4 cm³/mol. The molecule has 0 radical (unpaired) electrons. The van der Waals surface area contributed by atoms with Crippen LogP contribution < -0.4 is 10.6 Å². The highest BCUT2D eigenvalue weighted by atomic mass is 127. The van der Waals surface area contributed by atoms with Crippen molar-refractivity contribution in [3.05, 3.63) is 29.3 Å². The number of hydrogen-bond donors (Lipinski definition) is 2. The summed E-state index contributed by atoms with van der Waals surface area (Å²) in [6.45, 7) is 5.19. The summed E-state index contributed by atoms with van der Waals surface area (Å²) in [4.78, 5) is 4.69. The molecule has 1 heterocycles. The van der Waals surface area contributed by atoms with Gasteiger partial charge in [-0.2, -0.15) is 0 Å². The van der Waals surface area contributed by atoms with Crippen LogP contribution in [0.25, 0.3) is 0 Å². The molecule has 1 unspecified atom stereocenters. The van der Waals surface area contributed by atoms with Gasteiger partial charge in [-0.1, -0.05) is 12.1 Å². The van der Waals surface area contributed by atoms with Crippen LogP contribution >= 0.6 is 24.0 Å². The Kier molecular flexibility index (Phi) is 5.81. The van der Waals surface area contributed by atoms with Crippen molar-refractivity contribution in [2.45, 2.75) is 31.3 Å². The van der Waals surface area contributed by atoms with Crippen molar-refractivity contribution in [1.82, 2.24) is 10.6 Å². The lowest BCUT2D eigenvalue weighted by atomic mass is 10.1. The first-order valence-corrected chi connectivity index (χ1v) is 8.10. The van der Waals surface area contributed by atoms with Gasteiger partial charge in [0.1, 0.15) is 0 Å². The average molecular weight is 409 g/mol. The van der Waals surface area contributed by atoms with E-state index in [4.69, 9.17) is 0 Å². The molecule has 0 bridgehead atoms. The first-order chi connectivity index (χ1) is 8.86. The normalized spacial score (nSPS) is 17.9. The third-order valence-corrected chi connectivity index (χ3v) is 4.26. The molecule has 1 aliphatic heterocycles. The first kappa shape index (κ1) is 17.2. The Bertz CT molecular complexity index is 614. The van der Waals surface area contributed by atoms with Gasteiger partial charge in [0.15, 0.2) is 15.8 Å². The number of rotatable bonds is 3. The van der Waals surface area contributed by atoms with Crippen molar-refractivity contribution in [3.8, 4) is 0 Å². The Balaban J connectivity index is 0.00000200. The van der Waals surface area contributed by atoms with Crippen LogP contribution in [0.5, 0.6) is 0 Å². The fourth-order valence-electron chi connectivity index (χ4n) is 2.00. The maximum atomic E-state index is 11.7. The lowest BCUT2D eigenvalue weighted by Crippen LogP contribution is -2.37. The highest BCUT2D eigenvalue weighted by Crippen LogP contribution is 2.16. The van der Waals surface area contributed by atoms with Crippen LogP contribution in [0.15, 0.2) is 28.1 Å². The van der Waals surface area contributed by atoms with E-state index in [2.05, 4.69) is 22.5 Å². The van der Waals surface area contributed by atoms with Gasteiger partial charge in [0.05, 0.1) is 11.4 Å². The molecule has 0 saturated heterocycles. The third-order valence-electron chi connectivity index (χ3n) is 3.02. The van der Waals surface area contributed by atoms with Crippen molar-refractivity contribution in [2.24, 2.45) is 4.99 Å². The van der Waals surface area contributed by atoms with Crippen molar-refractivity contribution >= 4 is 39.8 Å². The molecule has 0 amide bonds. The highest BCUT2D eigenvalue weighted by molar-refractivity contribution is 14.0. The molecule has 1 aromatic rings. The Morgan fingerprint density at radius 2 is 2.15 bits per heavy atom. The van der Waals surface area contributed by atoms with Gasteiger partial charge >= 0.3 is 0 Å². The van der Waals surface area contributed by atoms with Gasteiger partial charge < -0.3 is 10.6 Å². The molecule has 0 fully saturated rings. The molecular formula is C13H20IN3O2S. The van der Waals surface area contributed by atoms with Gasteiger partial charge in [-0.25, -0.2) is 8.42 Å². The van der Waals surface area contributed by atoms with E-state index in [-0.39, 0.29) is 24.0 Å². The van der Waals surface area contributed by atoms with Crippen LogP contribution in [0.2, 0.25) is 0 Å². The maximum absolute atomic E-state index is 11.7.